The topological polar surface area (TPSA) is 96.6 Å². The maximum Gasteiger partial charge on any atom is 0.507 e. The SMILES string of the molecule is COC(=O)C1C(C)(C)C1(C#N)OC(=O)O. The fourth-order valence-corrected chi connectivity index (χ4v) is 1.86. The zero-order chi connectivity index (χ0) is 11.9. The second kappa shape index (κ2) is 3.12. The summed E-state index contributed by atoms with van der Waals surface area (Å²) in [5.41, 5.74) is -2.47. The summed E-state index contributed by atoms with van der Waals surface area (Å²) in [6.07, 6.45) is -1.57. The summed E-state index contributed by atoms with van der Waals surface area (Å²) >= 11 is 0. The molecule has 0 aromatic rings. The van der Waals surface area contributed by atoms with Gasteiger partial charge >= 0.3 is 12.1 Å². The van der Waals surface area contributed by atoms with Gasteiger partial charge in [-0.3, -0.25) is 4.79 Å². The zero-order valence-electron chi connectivity index (χ0n) is 8.60. The van der Waals surface area contributed by atoms with Crippen LogP contribution in [0, 0.1) is 22.7 Å². The fraction of sp³-hybridized carbons (Fsp3) is 0.667. The van der Waals surface area contributed by atoms with Crippen LogP contribution >= 0.6 is 0 Å². The average molecular weight is 213 g/mol. The third-order valence-corrected chi connectivity index (χ3v) is 2.85. The standard InChI is InChI=1S/C9H11NO5/c1-8(2)5(6(11)14-3)9(8,4-10)15-7(12)13/h5H,1-3H3,(H,12,13). The molecule has 6 heteroatoms. The van der Waals surface area contributed by atoms with Gasteiger partial charge in [0.1, 0.15) is 12.0 Å². The third-order valence-electron chi connectivity index (χ3n) is 2.85. The minimum atomic E-state index is -1.62. The number of rotatable bonds is 2. The van der Waals surface area contributed by atoms with Crippen molar-refractivity contribution in [3.05, 3.63) is 0 Å². The van der Waals surface area contributed by atoms with Crippen molar-refractivity contribution >= 4 is 12.1 Å². The van der Waals surface area contributed by atoms with Gasteiger partial charge in [0.05, 0.1) is 7.11 Å². The second-order valence-electron chi connectivity index (χ2n) is 3.89. The van der Waals surface area contributed by atoms with Gasteiger partial charge in [-0.2, -0.15) is 5.26 Å². The molecule has 1 rings (SSSR count). The van der Waals surface area contributed by atoms with Gasteiger partial charge < -0.3 is 14.6 Å². The van der Waals surface area contributed by atoms with Crippen molar-refractivity contribution in [1.29, 1.82) is 5.26 Å². The van der Waals surface area contributed by atoms with Crippen LogP contribution in [0.3, 0.4) is 0 Å². The minimum Gasteiger partial charge on any atom is -0.469 e. The number of hydrogen-bond donors (Lipinski definition) is 1. The molecule has 2 atom stereocenters. The van der Waals surface area contributed by atoms with Crippen LogP contribution in [0.25, 0.3) is 0 Å². The predicted molar refractivity (Wildman–Crippen MR) is 46.7 cm³/mol. The Hall–Kier alpha value is -1.77. The Labute approximate surface area is 86.4 Å². The molecular weight excluding hydrogens is 202 g/mol. The summed E-state index contributed by atoms with van der Waals surface area (Å²) in [6, 6.07) is 1.74. The van der Waals surface area contributed by atoms with Crippen molar-refractivity contribution in [1.82, 2.24) is 0 Å². The first-order chi connectivity index (χ1) is 6.83. The van der Waals surface area contributed by atoms with Crippen LogP contribution in [0.5, 0.6) is 0 Å². The first-order valence-corrected chi connectivity index (χ1v) is 4.24. The lowest BCUT2D eigenvalue weighted by atomic mass is 10.1. The van der Waals surface area contributed by atoms with E-state index in [1.807, 2.05) is 0 Å². The van der Waals surface area contributed by atoms with E-state index in [9.17, 15) is 9.59 Å². The van der Waals surface area contributed by atoms with E-state index < -0.39 is 29.1 Å². The Morgan fingerprint density at radius 1 is 1.47 bits per heavy atom. The van der Waals surface area contributed by atoms with E-state index in [1.165, 1.54) is 7.11 Å². The Morgan fingerprint density at radius 2 is 2.00 bits per heavy atom. The Kier molecular flexibility index (Phi) is 2.35. The number of ether oxygens (including phenoxy) is 2. The molecule has 0 amide bonds. The molecule has 0 heterocycles. The first kappa shape index (κ1) is 11.3. The minimum absolute atomic E-state index is 0.636. The van der Waals surface area contributed by atoms with E-state index in [-0.39, 0.29) is 0 Å². The zero-order valence-corrected chi connectivity index (χ0v) is 8.60. The molecule has 1 saturated carbocycles. The highest BCUT2D eigenvalue weighted by Gasteiger charge is 2.80. The maximum atomic E-state index is 11.3. The highest BCUT2D eigenvalue weighted by Crippen LogP contribution is 2.64. The number of methoxy groups -OCH3 is 1. The molecule has 1 fully saturated rings. The van der Waals surface area contributed by atoms with Crippen LogP contribution in [0.15, 0.2) is 0 Å². The Bertz CT molecular complexity index is 356. The summed E-state index contributed by atoms with van der Waals surface area (Å²) in [4.78, 5) is 21.7. The van der Waals surface area contributed by atoms with Crippen molar-refractivity contribution in [2.75, 3.05) is 7.11 Å². The summed E-state index contributed by atoms with van der Waals surface area (Å²) in [5.74, 6) is -1.50. The molecule has 82 valence electrons. The largest absolute Gasteiger partial charge is 0.507 e. The van der Waals surface area contributed by atoms with E-state index in [4.69, 9.17) is 10.4 Å². The van der Waals surface area contributed by atoms with E-state index in [0.717, 1.165) is 0 Å². The van der Waals surface area contributed by atoms with Crippen LogP contribution < -0.4 is 0 Å². The molecule has 2 unspecified atom stereocenters. The lowest BCUT2D eigenvalue weighted by molar-refractivity contribution is -0.143. The lowest BCUT2D eigenvalue weighted by Gasteiger charge is -2.09. The molecule has 1 N–H and O–H groups in total. The fourth-order valence-electron chi connectivity index (χ4n) is 1.86. The molecule has 6 nitrogen and oxygen atoms in total. The van der Waals surface area contributed by atoms with Crippen LogP contribution in [-0.2, 0) is 14.3 Å². The van der Waals surface area contributed by atoms with Crippen LogP contribution in [-0.4, -0.2) is 29.9 Å². The number of esters is 1. The molecule has 0 radical (unpaired) electrons. The number of carboxylic acid groups (broad SMARTS) is 1. The monoisotopic (exact) mass is 213 g/mol. The van der Waals surface area contributed by atoms with Gasteiger partial charge in [0, 0.05) is 5.41 Å². The van der Waals surface area contributed by atoms with Crippen molar-refractivity contribution in [2.45, 2.75) is 19.4 Å². The van der Waals surface area contributed by atoms with Gasteiger partial charge in [0.2, 0.25) is 5.60 Å². The van der Waals surface area contributed by atoms with E-state index >= 15 is 0 Å². The third kappa shape index (κ3) is 1.31. The van der Waals surface area contributed by atoms with E-state index in [1.54, 1.807) is 19.9 Å². The van der Waals surface area contributed by atoms with Gasteiger partial charge in [0.25, 0.3) is 0 Å². The highest BCUT2D eigenvalue weighted by molar-refractivity contribution is 5.82. The summed E-state index contributed by atoms with van der Waals surface area (Å²) in [7, 11) is 1.18. The summed E-state index contributed by atoms with van der Waals surface area (Å²) in [5, 5.41) is 17.4. The average Bonchev–Trinajstić information content (AvgIpc) is 2.61. The number of carbonyl (C=O) groups is 2. The molecule has 1 aliphatic rings. The van der Waals surface area contributed by atoms with Crippen molar-refractivity contribution in [3.63, 3.8) is 0 Å². The van der Waals surface area contributed by atoms with Gasteiger partial charge in [-0.15, -0.1) is 0 Å². The van der Waals surface area contributed by atoms with E-state index in [2.05, 4.69) is 9.47 Å². The second-order valence-corrected chi connectivity index (χ2v) is 3.89. The molecule has 0 saturated heterocycles. The number of nitrogens with zero attached hydrogens (tertiary/aromatic N) is 1. The summed E-state index contributed by atoms with van der Waals surface area (Å²) in [6.45, 7) is 3.17. The van der Waals surface area contributed by atoms with E-state index in [0.29, 0.717) is 0 Å². The number of nitriles is 1. The van der Waals surface area contributed by atoms with Crippen molar-refractivity contribution in [2.24, 2.45) is 11.3 Å². The Balaban J connectivity index is 3.00. The van der Waals surface area contributed by atoms with Crippen LogP contribution in [0.1, 0.15) is 13.8 Å². The normalized spacial score (nSPS) is 31.2. The quantitative estimate of drug-likeness (QED) is 0.680. The van der Waals surface area contributed by atoms with Gasteiger partial charge in [-0.1, -0.05) is 13.8 Å². The molecule has 0 bridgehead atoms. The smallest absolute Gasteiger partial charge is 0.469 e. The van der Waals surface area contributed by atoms with Gasteiger partial charge in [-0.25, -0.2) is 4.79 Å². The number of carbonyl (C=O) groups excluding carboxylic acids is 1. The van der Waals surface area contributed by atoms with Crippen molar-refractivity contribution < 1.29 is 24.2 Å². The molecule has 15 heavy (non-hydrogen) atoms. The highest BCUT2D eigenvalue weighted by atomic mass is 16.7. The molecule has 0 aromatic carbocycles. The Morgan fingerprint density at radius 3 is 2.33 bits per heavy atom. The predicted octanol–water partition coefficient (Wildman–Crippen LogP) is 0.772. The molecule has 0 aliphatic heterocycles. The molecule has 0 spiro atoms. The van der Waals surface area contributed by atoms with Crippen molar-refractivity contribution in [3.8, 4) is 6.07 Å². The van der Waals surface area contributed by atoms with Crippen LogP contribution in [0.4, 0.5) is 4.79 Å². The summed E-state index contributed by atoms with van der Waals surface area (Å²) < 4.78 is 8.99. The maximum absolute atomic E-state index is 11.3. The first-order valence-electron chi connectivity index (χ1n) is 4.24. The van der Waals surface area contributed by atoms with Gasteiger partial charge in [-0.05, 0) is 0 Å². The molecule has 0 aromatic heterocycles. The molecule has 1 aliphatic carbocycles. The lowest BCUT2D eigenvalue weighted by Crippen LogP contribution is -2.24. The van der Waals surface area contributed by atoms with Gasteiger partial charge in [0.15, 0.2) is 0 Å². The number of hydrogen-bond acceptors (Lipinski definition) is 5. The van der Waals surface area contributed by atoms with Crippen LogP contribution in [0.2, 0.25) is 0 Å². The molecular formula is C9H11NO5.